The molecule has 0 saturated carbocycles. The van der Waals surface area contributed by atoms with Crippen LogP contribution >= 0.6 is 0 Å². The van der Waals surface area contributed by atoms with E-state index in [4.69, 9.17) is 4.74 Å². The predicted octanol–water partition coefficient (Wildman–Crippen LogP) is 1.38. The maximum absolute atomic E-state index is 5.26. The topological polar surface area (TPSA) is 23.3 Å². The van der Waals surface area contributed by atoms with Gasteiger partial charge in [0.05, 0.1) is 0 Å². The molecule has 0 aromatic carbocycles. The Hall–Kier alpha value is -0.0800. The molecule has 2 nitrogen and oxygen atoms in total. The average molecular weight is 130 g/mol. The third-order valence-electron chi connectivity index (χ3n) is 1.00. The average Bonchev–Trinajstić information content (AvgIpc) is 1.85. The van der Waals surface area contributed by atoms with E-state index in [1.165, 1.54) is 0 Å². The summed E-state index contributed by atoms with van der Waals surface area (Å²) in [6.45, 7) is 7.76. The minimum atomic E-state index is 0.0925. The van der Waals surface area contributed by atoms with Crippen LogP contribution in [0.4, 0.5) is 0 Å². The van der Waals surface area contributed by atoms with Gasteiger partial charge in [-0.3, -0.25) is 0 Å². The Morgan fingerprint density at radius 3 is 2.56 bits per heavy atom. The van der Waals surface area contributed by atoms with Gasteiger partial charge in [0.2, 0.25) is 0 Å². The Balaban J connectivity index is 2.95. The van der Waals surface area contributed by atoms with E-state index in [1.54, 1.807) is 0 Å². The first-order valence-corrected chi connectivity index (χ1v) is 3.59. The molecule has 0 heterocycles. The molecule has 0 amide bonds. The Labute approximate surface area is 57.6 Å². The molecule has 0 bridgehead atoms. The minimum Gasteiger partial charge on any atom is -0.362 e. The molecule has 0 aliphatic rings. The van der Waals surface area contributed by atoms with Gasteiger partial charge >= 0.3 is 0 Å². The van der Waals surface area contributed by atoms with E-state index in [2.05, 4.69) is 12.2 Å². The first-order chi connectivity index (χ1) is 4.31. The number of ether oxygens (including phenoxy) is 1. The van der Waals surface area contributed by atoms with Crippen LogP contribution in [0.3, 0.4) is 0 Å². The van der Waals surface area contributed by atoms with Crippen LogP contribution in [-0.2, 0) is 4.74 Å². The van der Waals surface area contributed by atoms with Gasteiger partial charge in [0.25, 0.3) is 0 Å². The number of nitrogens with zero attached hydrogens (tertiary/aromatic N) is 1. The Bertz CT molecular complexity index is 56.9. The summed E-state index contributed by atoms with van der Waals surface area (Å²) < 4.78 is 5.26. The number of hydrogen-bond donors (Lipinski definition) is 0. The molecule has 0 aliphatic carbocycles. The largest absolute Gasteiger partial charge is 0.362 e. The van der Waals surface area contributed by atoms with E-state index < -0.39 is 0 Å². The quantitative estimate of drug-likeness (QED) is 0.551. The fourth-order valence-corrected chi connectivity index (χ4v) is 0.598. The normalized spacial score (nSPS) is 13.7. The highest BCUT2D eigenvalue weighted by Gasteiger charge is 1.96. The van der Waals surface area contributed by atoms with Crippen molar-refractivity contribution in [1.29, 1.82) is 0 Å². The minimum absolute atomic E-state index is 0.0925. The van der Waals surface area contributed by atoms with Gasteiger partial charge in [-0.25, -0.2) is 5.32 Å². The maximum atomic E-state index is 5.26. The van der Waals surface area contributed by atoms with E-state index in [-0.39, 0.29) is 6.23 Å². The first-order valence-electron chi connectivity index (χ1n) is 3.59. The third kappa shape index (κ3) is 5.80. The fraction of sp³-hybridized carbons (Fsp3) is 1.00. The number of hydrogen-bond acceptors (Lipinski definition) is 1. The van der Waals surface area contributed by atoms with Gasteiger partial charge in [-0.1, -0.05) is 13.8 Å². The smallest absolute Gasteiger partial charge is 0.120 e. The monoisotopic (exact) mass is 130 g/mol. The molecule has 0 rings (SSSR count). The summed E-state index contributed by atoms with van der Waals surface area (Å²) in [4.78, 5) is 0. The highest BCUT2D eigenvalue weighted by Crippen LogP contribution is 1.88. The molecule has 1 unspecified atom stereocenters. The van der Waals surface area contributed by atoms with Crippen molar-refractivity contribution in [2.45, 2.75) is 33.4 Å². The second-order valence-electron chi connectivity index (χ2n) is 1.97. The summed E-state index contributed by atoms with van der Waals surface area (Å²) >= 11 is 0. The molecule has 55 valence electrons. The van der Waals surface area contributed by atoms with Gasteiger partial charge in [-0.05, 0) is 13.3 Å². The molecule has 0 saturated heterocycles. The van der Waals surface area contributed by atoms with E-state index >= 15 is 0 Å². The van der Waals surface area contributed by atoms with Crippen LogP contribution in [0.2, 0.25) is 0 Å². The van der Waals surface area contributed by atoms with Gasteiger partial charge in [0.1, 0.15) is 6.23 Å². The highest BCUT2D eigenvalue weighted by molar-refractivity contribution is 4.42. The molecule has 0 spiro atoms. The lowest BCUT2D eigenvalue weighted by molar-refractivity contribution is 0.0418. The van der Waals surface area contributed by atoms with Crippen LogP contribution in [0.15, 0.2) is 0 Å². The summed E-state index contributed by atoms with van der Waals surface area (Å²) in [5, 5.41) is 4.14. The lowest BCUT2D eigenvalue weighted by Gasteiger charge is -2.09. The summed E-state index contributed by atoms with van der Waals surface area (Å²) in [7, 11) is 0. The van der Waals surface area contributed by atoms with E-state index in [0.717, 1.165) is 19.6 Å². The van der Waals surface area contributed by atoms with E-state index in [9.17, 15) is 0 Å². The lowest BCUT2D eigenvalue weighted by Crippen LogP contribution is -2.21. The standard InChI is InChI=1S/C7H16NO/c1-4-6-9-7(3)8-5-2/h7H,4-6H2,1-3H3. The zero-order valence-electron chi connectivity index (χ0n) is 6.55. The molecular weight excluding hydrogens is 114 g/mol. The van der Waals surface area contributed by atoms with Crippen molar-refractivity contribution in [2.24, 2.45) is 0 Å². The van der Waals surface area contributed by atoms with Crippen molar-refractivity contribution in [1.82, 2.24) is 5.32 Å². The van der Waals surface area contributed by atoms with Crippen LogP contribution in [-0.4, -0.2) is 19.4 Å². The van der Waals surface area contributed by atoms with Crippen LogP contribution in [0.5, 0.6) is 0 Å². The second-order valence-corrected chi connectivity index (χ2v) is 1.97. The molecule has 1 radical (unpaired) electrons. The number of rotatable bonds is 5. The predicted molar refractivity (Wildman–Crippen MR) is 38.4 cm³/mol. The Morgan fingerprint density at radius 2 is 2.11 bits per heavy atom. The van der Waals surface area contributed by atoms with Crippen molar-refractivity contribution < 1.29 is 4.74 Å². The molecule has 1 atom stereocenters. The van der Waals surface area contributed by atoms with Crippen molar-refractivity contribution in [3.8, 4) is 0 Å². The van der Waals surface area contributed by atoms with Crippen LogP contribution < -0.4 is 5.32 Å². The molecule has 0 aromatic rings. The summed E-state index contributed by atoms with van der Waals surface area (Å²) in [5.74, 6) is 0. The van der Waals surface area contributed by atoms with Gasteiger partial charge in [-0.15, -0.1) is 0 Å². The molecule has 2 heteroatoms. The van der Waals surface area contributed by atoms with Gasteiger partial charge in [0.15, 0.2) is 0 Å². The summed E-state index contributed by atoms with van der Waals surface area (Å²) in [5.41, 5.74) is 0. The van der Waals surface area contributed by atoms with Crippen molar-refractivity contribution in [3.05, 3.63) is 0 Å². The molecule has 0 fully saturated rings. The third-order valence-corrected chi connectivity index (χ3v) is 1.00. The van der Waals surface area contributed by atoms with E-state index in [0.29, 0.717) is 0 Å². The first kappa shape index (κ1) is 8.92. The molecule has 0 aromatic heterocycles. The molecule has 9 heavy (non-hydrogen) atoms. The molecule has 0 N–H and O–H groups in total. The highest BCUT2D eigenvalue weighted by atomic mass is 16.5. The van der Waals surface area contributed by atoms with Crippen LogP contribution in [0.1, 0.15) is 27.2 Å². The van der Waals surface area contributed by atoms with Crippen molar-refractivity contribution in [3.63, 3.8) is 0 Å². The maximum Gasteiger partial charge on any atom is 0.120 e. The van der Waals surface area contributed by atoms with Crippen molar-refractivity contribution >= 4 is 0 Å². The summed E-state index contributed by atoms with van der Waals surface area (Å²) in [6.07, 6.45) is 1.17. The summed E-state index contributed by atoms with van der Waals surface area (Å²) in [6, 6.07) is 0. The van der Waals surface area contributed by atoms with Gasteiger partial charge in [0, 0.05) is 13.2 Å². The SMILES string of the molecule is CCCOC(C)[N]CC. The fourth-order valence-electron chi connectivity index (χ4n) is 0.598. The zero-order chi connectivity index (χ0) is 7.11. The Kier molecular flexibility index (Phi) is 5.99. The zero-order valence-corrected chi connectivity index (χ0v) is 6.55. The van der Waals surface area contributed by atoms with Gasteiger partial charge < -0.3 is 4.74 Å². The Morgan fingerprint density at radius 1 is 1.44 bits per heavy atom. The van der Waals surface area contributed by atoms with Crippen LogP contribution in [0.25, 0.3) is 0 Å². The molecular formula is C7H16NO. The van der Waals surface area contributed by atoms with Gasteiger partial charge in [-0.2, -0.15) is 0 Å². The van der Waals surface area contributed by atoms with E-state index in [1.807, 2.05) is 13.8 Å². The second kappa shape index (κ2) is 6.05. The van der Waals surface area contributed by atoms with Crippen molar-refractivity contribution in [2.75, 3.05) is 13.2 Å². The molecule has 0 aliphatic heterocycles. The van der Waals surface area contributed by atoms with Crippen LogP contribution in [0, 0.1) is 0 Å². The lowest BCUT2D eigenvalue weighted by atomic mass is 10.5.